The number of methoxy groups -OCH3 is 1. The molecular weight excluding hydrogens is 392 g/mol. The van der Waals surface area contributed by atoms with Crippen LogP contribution in [0.15, 0.2) is 42.6 Å². The molecule has 1 aliphatic heterocycles. The molecular formula is C24H36N4O3. The molecule has 1 saturated heterocycles. The minimum atomic E-state index is -0.530. The molecule has 0 unspecified atom stereocenters. The summed E-state index contributed by atoms with van der Waals surface area (Å²) < 4.78 is 11.4. The lowest BCUT2D eigenvalue weighted by Crippen LogP contribution is -2.47. The molecule has 1 N–H and O–H groups in total. The number of rotatable bonds is 11. The third kappa shape index (κ3) is 7.78. The Kier molecular flexibility index (Phi) is 9.09. The Labute approximate surface area is 186 Å². The van der Waals surface area contributed by atoms with Crippen LogP contribution in [0.1, 0.15) is 11.3 Å². The number of aliphatic hydroxyl groups is 1. The quantitative estimate of drug-likeness (QED) is 0.585. The predicted molar refractivity (Wildman–Crippen MR) is 123 cm³/mol. The maximum Gasteiger partial charge on any atom is 0.161 e. The second kappa shape index (κ2) is 12.0. The lowest BCUT2D eigenvalue weighted by atomic mass is 10.1. The fraction of sp³-hybridized carbons (Fsp3) is 0.542. The number of aliphatic hydroxyl groups excluding tert-OH is 1. The average Bonchev–Trinajstić information content (AvgIpc) is 2.79. The van der Waals surface area contributed by atoms with E-state index in [9.17, 15) is 5.11 Å². The van der Waals surface area contributed by atoms with Crippen LogP contribution in [0.3, 0.4) is 0 Å². The largest absolute Gasteiger partial charge is 0.493 e. The fourth-order valence-corrected chi connectivity index (χ4v) is 3.74. The van der Waals surface area contributed by atoms with E-state index in [0.717, 1.165) is 56.9 Å². The molecule has 170 valence electrons. The van der Waals surface area contributed by atoms with E-state index in [1.54, 1.807) is 7.11 Å². The SMILES string of the molecule is COc1ccc(CN(C)CCc2ccccn2)cc1OC[C@@H](O)CN1CCN(C)CC1. The molecule has 31 heavy (non-hydrogen) atoms. The minimum Gasteiger partial charge on any atom is -0.493 e. The highest BCUT2D eigenvalue weighted by atomic mass is 16.5. The van der Waals surface area contributed by atoms with E-state index in [-0.39, 0.29) is 6.61 Å². The van der Waals surface area contributed by atoms with Crippen molar-refractivity contribution in [1.29, 1.82) is 0 Å². The Morgan fingerprint density at radius 3 is 2.65 bits per heavy atom. The number of pyridine rings is 1. The van der Waals surface area contributed by atoms with Gasteiger partial charge in [-0.3, -0.25) is 9.88 Å². The molecule has 0 saturated carbocycles. The number of nitrogens with zero attached hydrogens (tertiary/aromatic N) is 4. The summed E-state index contributed by atoms with van der Waals surface area (Å²) in [6, 6.07) is 12.0. The summed E-state index contributed by atoms with van der Waals surface area (Å²) in [7, 11) is 5.88. The van der Waals surface area contributed by atoms with Crippen LogP contribution in [0.5, 0.6) is 11.5 Å². The second-order valence-corrected chi connectivity index (χ2v) is 8.36. The first-order valence-corrected chi connectivity index (χ1v) is 11.0. The zero-order valence-corrected chi connectivity index (χ0v) is 19.0. The molecule has 0 aliphatic carbocycles. The first-order chi connectivity index (χ1) is 15.0. The summed E-state index contributed by atoms with van der Waals surface area (Å²) in [5.74, 6) is 1.36. The van der Waals surface area contributed by atoms with Crippen molar-refractivity contribution >= 4 is 0 Å². The van der Waals surface area contributed by atoms with E-state index in [1.807, 2.05) is 30.5 Å². The van der Waals surface area contributed by atoms with Gasteiger partial charge in [0.15, 0.2) is 11.5 Å². The molecule has 0 radical (unpaired) electrons. The van der Waals surface area contributed by atoms with Gasteiger partial charge in [0, 0.05) is 64.1 Å². The molecule has 1 aromatic carbocycles. The first kappa shape index (κ1) is 23.5. The van der Waals surface area contributed by atoms with Gasteiger partial charge in [-0.2, -0.15) is 0 Å². The third-order valence-corrected chi connectivity index (χ3v) is 5.65. The van der Waals surface area contributed by atoms with E-state index < -0.39 is 6.10 Å². The lowest BCUT2D eigenvalue weighted by molar-refractivity contribution is 0.0497. The van der Waals surface area contributed by atoms with Gasteiger partial charge in [0.1, 0.15) is 12.7 Å². The van der Waals surface area contributed by atoms with Crippen molar-refractivity contribution in [3.8, 4) is 11.5 Å². The van der Waals surface area contributed by atoms with Gasteiger partial charge < -0.3 is 24.4 Å². The van der Waals surface area contributed by atoms with Gasteiger partial charge in [0.25, 0.3) is 0 Å². The summed E-state index contributed by atoms with van der Waals surface area (Å²) in [5, 5.41) is 10.4. The van der Waals surface area contributed by atoms with Gasteiger partial charge in [-0.05, 0) is 43.9 Å². The van der Waals surface area contributed by atoms with Crippen molar-refractivity contribution in [2.45, 2.75) is 19.1 Å². The monoisotopic (exact) mass is 428 g/mol. The van der Waals surface area contributed by atoms with E-state index in [0.29, 0.717) is 18.0 Å². The molecule has 1 fully saturated rings. The van der Waals surface area contributed by atoms with Gasteiger partial charge >= 0.3 is 0 Å². The van der Waals surface area contributed by atoms with Gasteiger partial charge in [0.05, 0.1) is 7.11 Å². The van der Waals surface area contributed by atoms with Crippen LogP contribution in [0, 0.1) is 0 Å². The first-order valence-electron chi connectivity index (χ1n) is 11.0. The Morgan fingerprint density at radius 2 is 1.94 bits per heavy atom. The van der Waals surface area contributed by atoms with Crippen LogP contribution >= 0.6 is 0 Å². The van der Waals surface area contributed by atoms with Gasteiger partial charge in [0.2, 0.25) is 0 Å². The molecule has 3 rings (SSSR count). The Morgan fingerprint density at radius 1 is 1.13 bits per heavy atom. The maximum atomic E-state index is 10.4. The van der Waals surface area contributed by atoms with Crippen molar-refractivity contribution in [3.05, 3.63) is 53.9 Å². The summed E-state index contributed by atoms with van der Waals surface area (Å²) in [5.41, 5.74) is 2.25. The minimum absolute atomic E-state index is 0.252. The van der Waals surface area contributed by atoms with E-state index in [1.165, 1.54) is 0 Å². The van der Waals surface area contributed by atoms with Crippen molar-refractivity contribution in [1.82, 2.24) is 19.7 Å². The van der Waals surface area contributed by atoms with Gasteiger partial charge in [-0.1, -0.05) is 12.1 Å². The molecule has 1 aliphatic rings. The summed E-state index contributed by atoms with van der Waals surface area (Å²) in [6.45, 7) is 6.65. The normalized spacial score (nSPS) is 16.4. The number of ether oxygens (including phenoxy) is 2. The maximum absolute atomic E-state index is 10.4. The average molecular weight is 429 g/mol. The van der Waals surface area contributed by atoms with Crippen LogP contribution in [0.4, 0.5) is 0 Å². The van der Waals surface area contributed by atoms with E-state index in [4.69, 9.17) is 9.47 Å². The third-order valence-electron chi connectivity index (χ3n) is 5.65. The lowest BCUT2D eigenvalue weighted by Gasteiger charge is -2.33. The van der Waals surface area contributed by atoms with Gasteiger partial charge in [-0.15, -0.1) is 0 Å². The molecule has 0 amide bonds. The summed E-state index contributed by atoms with van der Waals surface area (Å²) >= 11 is 0. The van der Waals surface area contributed by atoms with E-state index >= 15 is 0 Å². The number of piperazine rings is 1. The van der Waals surface area contributed by atoms with Crippen LogP contribution in [-0.2, 0) is 13.0 Å². The zero-order valence-electron chi connectivity index (χ0n) is 19.0. The van der Waals surface area contributed by atoms with Gasteiger partial charge in [-0.25, -0.2) is 0 Å². The highest BCUT2D eigenvalue weighted by Gasteiger charge is 2.18. The molecule has 7 nitrogen and oxygen atoms in total. The van der Waals surface area contributed by atoms with Crippen molar-refractivity contribution < 1.29 is 14.6 Å². The molecule has 0 spiro atoms. The number of hydrogen-bond donors (Lipinski definition) is 1. The van der Waals surface area contributed by atoms with E-state index in [2.05, 4.69) is 45.9 Å². The highest BCUT2D eigenvalue weighted by Crippen LogP contribution is 2.28. The molecule has 0 bridgehead atoms. The Balaban J connectivity index is 1.49. The summed E-state index contributed by atoms with van der Waals surface area (Å²) in [4.78, 5) is 11.3. The van der Waals surface area contributed by atoms with Crippen molar-refractivity contribution in [2.24, 2.45) is 0 Å². The van der Waals surface area contributed by atoms with Crippen LogP contribution in [-0.4, -0.2) is 98.0 Å². The number of hydrogen-bond acceptors (Lipinski definition) is 7. The molecule has 1 atom stereocenters. The highest BCUT2D eigenvalue weighted by molar-refractivity contribution is 5.43. The number of aromatic nitrogens is 1. The van der Waals surface area contributed by atoms with Crippen molar-refractivity contribution in [3.63, 3.8) is 0 Å². The standard InChI is InChI=1S/C24H36N4O3/c1-26-12-14-28(15-13-26)18-22(29)19-31-24-16-20(7-8-23(24)30-3)17-27(2)11-9-21-6-4-5-10-25-21/h4-8,10,16,22,29H,9,11-15,17-19H2,1-3H3/t22-/m0/s1. The Bertz CT molecular complexity index is 782. The molecule has 2 heterocycles. The fourth-order valence-electron chi connectivity index (χ4n) is 3.74. The molecule has 2 aromatic rings. The van der Waals surface area contributed by atoms with Crippen LogP contribution in [0.2, 0.25) is 0 Å². The number of likely N-dealkylation sites (N-methyl/N-ethyl adjacent to an activating group) is 2. The molecule has 7 heteroatoms. The van der Waals surface area contributed by atoms with Crippen LogP contribution < -0.4 is 9.47 Å². The second-order valence-electron chi connectivity index (χ2n) is 8.36. The molecule has 1 aromatic heterocycles. The van der Waals surface area contributed by atoms with Crippen LogP contribution in [0.25, 0.3) is 0 Å². The summed E-state index contributed by atoms with van der Waals surface area (Å²) in [6.07, 6.45) is 2.22. The smallest absolute Gasteiger partial charge is 0.161 e. The zero-order chi connectivity index (χ0) is 22.1. The number of benzene rings is 1. The Hall–Kier alpha value is -2.19. The van der Waals surface area contributed by atoms with Crippen molar-refractivity contribution in [2.75, 3.05) is 67.1 Å². The predicted octanol–water partition coefficient (Wildman–Crippen LogP) is 1.75. The topological polar surface area (TPSA) is 61.3 Å². The number of β-amino-alcohol motifs (C(OH)–C–C–N with tert-alkyl or cyclic N) is 1.